The van der Waals surface area contributed by atoms with E-state index < -0.39 is 18.3 Å². The largest absolute Gasteiger partial charge is 0.481 e. The highest BCUT2D eigenvalue weighted by Crippen LogP contribution is 2.18. The fourth-order valence-corrected chi connectivity index (χ4v) is 2.26. The van der Waals surface area contributed by atoms with Crippen LogP contribution < -0.4 is 0 Å². The zero-order valence-corrected chi connectivity index (χ0v) is 10.7. The number of nitrogens with zero attached hydrogens (tertiary/aromatic N) is 1. The van der Waals surface area contributed by atoms with E-state index in [9.17, 15) is 9.90 Å². The second-order valence-electron chi connectivity index (χ2n) is 4.80. The molecule has 0 saturated carbocycles. The smallest absolute Gasteiger partial charge is 0.307 e. The highest BCUT2D eigenvalue weighted by atomic mass is 16.6. The number of likely N-dealkylation sites (tertiary alicyclic amines) is 1. The number of hydrogen-bond acceptors (Lipinski definition) is 4. The van der Waals surface area contributed by atoms with Gasteiger partial charge in [0.15, 0.2) is 0 Å². The predicted molar refractivity (Wildman–Crippen MR) is 69.2 cm³/mol. The number of carboxylic acid groups (broad SMARTS) is 1. The first-order valence-electron chi connectivity index (χ1n) is 6.47. The first-order chi connectivity index (χ1) is 9.16. The third kappa shape index (κ3) is 4.02. The number of benzene rings is 1. The molecular formula is C14H19NO4. The number of carboxylic acids is 1. The van der Waals surface area contributed by atoms with Crippen LogP contribution >= 0.6 is 0 Å². The third-order valence-electron chi connectivity index (χ3n) is 3.36. The molecule has 1 aliphatic rings. The molecule has 0 aromatic heterocycles. The van der Waals surface area contributed by atoms with Gasteiger partial charge in [-0.25, -0.2) is 0 Å². The Labute approximate surface area is 112 Å². The number of aliphatic hydroxyl groups is 1. The Bertz CT molecular complexity index is 409. The molecule has 19 heavy (non-hydrogen) atoms. The molecule has 1 aromatic carbocycles. The van der Waals surface area contributed by atoms with Crippen molar-refractivity contribution in [3.05, 3.63) is 35.9 Å². The minimum absolute atomic E-state index is 0.316. The van der Waals surface area contributed by atoms with Crippen LogP contribution in [0.4, 0.5) is 0 Å². The maximum atomic E-state index is 11.0. The van der Waals surface area contributed by atoms with Crippen LogP contribution in [0.1, 0.15) is 18.4 Å². The quantitative estimate of drug-likeness (QED) is 0.785. The highest BCUT2D eigenvalue weighted by Gasteiger charge is 2.29. The van der Waals surface area contributed by atoms with E-state index in [-0.39, 0.29) is 0 Å². The van der Waals surface area contributed by atoms with Crippen molar-refractivity contribution < 1.29 is 19.7 Å². The van der Waals surface area contributed by atoms with Gasteiger partial charge in [0.2, 0.25) is 6.41 Å². The summed E-state index contributed by atoms with van der Waals surface area (Å²) in [6.45, 7) is 1.32. The van der Waals surface area contributed by atoms with Gasteiger partial charge in [-0.3, -0.25) is 9.69 Å². The molecule has 1 heterocycles. The summed E-state index contributed by atoms with van der Waals surface area (Å²) in [6, 6.07) is 9.58. The van der Waals surface area contributed by atoms with Crippen LogP contribution in [-0.2, 0) is 16.1 Å². The molecule has 2 rings (SSSR count). The highest BCUT2D eigenvalue weighted by molar-refractivity contribution is 5.70. The van der Waals surface area contributed by atoms with Gasteiger partial charge in [-0.2, -0.15) is 0 Å². The Balaban J connectivity index is 1.82. The van der Waals surface area contributed by atoms with Crippen LogP contribution in [0, 0.1) is 5.92 Å². The lowest BCUT2D eigenvalue weighted by molar-refractivity contribution is -0.209. The average molecular weight is 265 g/mol. The standard InChI is InChI=1S/C14H19NO4/c16-13(17)12-7-4-8-15(9-12)14(18)19-10-11-5-2-1-3-6-11/h1-3,5-6,12,14,18H,4,7-10H2,(H,16,17). The fourth-order valence-electron chi connectivity index (χ4n) is 2.26. The van der Waals surface area contributed by atoms with Crippen molar-refractivity contribution >= 4 is 5.97 Å². The topological polar surface area (TPSA) is 70.0 Å². The van der Waals surface area contributed by atoms with E-state index >= 15 is 0 Å². The molecule has 0 bridgehead atoms. The molecule has 2 unspecified atom stereocenters. The predicted octanol–water partition coefficient (Wildman–Crippen LogP) is 1.28. The van der Waals surface area contributed by atoms with Crippen molar-refractivity contribution in [2.45, 2.75) is 25.9 Å². The summed E-state index contributed by atoms with van der Waals surface area (Å²) >= 11 is 0. The summed E-state index contributed by atoms with van der Waals surface area (Å²) in [5.41, 5.74) is 0.980. The maximum absolute atomic E-state index is 11.0. The van der Waals surface area contributed by atoms with Crippen molar-refractivity contribution in [3.8, 4) is 0 Å². The average Bonchev–Trinajstić information content (AvgIpc) is 2.46. The molecule has 104 valence electrons. The molecule has 5 heteroatoms. The molecule has 5 nitrogen and oxygen atoms in total. The Kier molecular flexibility index (Phi) is 4.90. The van der Waals surface area contributed by atoms with E-state index in [0.29, 0.717) is 26.1 Å². The summed E-state index contributed by atoms with van der Waals surface area (Å²) < 4.78 is 5.38. The molecule has 0 aliphatic carbocycles. The number of carbonyl (C=O) groups is 1. The second kappa shape index (κ2) is 6.65. The van der Waals surface area contributed by atoms with Gasteiger partial charge in [-0.05, 0) is 18.4 Å². The van der Waals surface area contributed by atoms with E-state index in [1.54, 1.807) is 4.90 Å². The molecule has 2 N–H and O–H groups in total. The monoisotopic (exact) mass is 265 g/mol. The Morgan fingerprint density at radius 3 is 2.84 bits per heavy atom. The van der Waals surface area contributed by atoms with Crippen molar-refractivity contribution in [3.63, 3.8) is 0 Å². The maximum Gasteiger partial charge on any atom is 0.307 e. The minimum atomic E-state index is -1.04. The van der Waals surface area contributed by atoms with Crippen LogP contribution in [0.5, 0.6) is 0 Å². The minimum Gasteiger partial charge on any atom is -0.481 e. The van der Waals surface area contributed by atoms with Crippen molar-refractivity contribution in [1.82, 2.24) is 4.90 Å². The van der Waals surface area contributed by atoms with Gasteiger partial charge in [0.05, 0.1) is 12.5 Å². The molecule has 1 fully saturated rings. The summed E-state index contributed by atoms with van der Waals surface area (Å²) in [4.78, 5) is 12.6. The van der Waals surface area contributed by atoms with Crippen molar-refractivity contribution in [2.24, 2.45) is 5.92 Å². The first kappa shape index (κ1) is 14.0. The first-order valence-corrected chi connectivity index (χ1v) is 6.47. The summed E-state index contributed by atoms with van der Waals surface area (Å²) in [6.07, 6.45) is 0.391. The van der Waals surface area contributed by atoms with E-state index in [0.717, 1.165) is 12.0 Å². The normalized spacial score (nSPS) is 22.1. The van der Waals surface area contributed by atoms with E-state index in [4.69, 9.17) is 9.84 Å². The van der Waals surface area contributed by atoms with Crippen LogP contribution in [0.25, 0.3) is 0 Å². The lowest BCUT2D eigenvalue weighted by atomic mass is 9.99. The Hall–Kier alpha value is -1.43. The summed E-state index contributed by atoms with van der Waals surface area (Å²) in [5, 5.41) is 18.9. The molecule has 0 radical (unpaired) electrons. The van der Waals surface area contributed by atoms with Gasteiger partial charge >= 0.3 is 5.97 Å². The zero-order valence-electron chi connectivity index (χ0n) is 10.7. The van der Waals surface area contributed by atoms with Gasteiger partial charge < -0.3 is 14.9 Å². The lowest BCUT2D eigenvalue weighted by Gasteiger charge is -2.33. The molecule has 1 aliphatic heterocycles. The molecule has 2 atom stereocenters. The second-order valence-corrected chi connectivity index (χ2v) is 4.80. The van der Waals surface area contributed by atoms with Gasteiger partial charge in [-0.15, -0.1) is 0 Å². The van der Waals surface area contributed by atoms with Crippen molar-refractivity contribution in [1.29, 1.82) is 0 Å². The fraction of sp³-hybridized carbons (Fsp3) is 0.500. The van der Waals surface area contributed by atoms with Gasteiger partial charge in [0, 0.05) is 13.1 Å². The number of hydrogen-bond donors (Lipinski definition) is 2. The van der Waals surface area contributed by atoms with Crippen LogP contribution in [0.2, 0.25) is 0 Å². The van der Waals surface area contributed by atoms with E-state index in [1.165, 1.54) is 0 Å². The third-order valence-corrected chi connectivity index (χ3v) is 3.36. The van der Waals surface area contributed by atoms with Crippen LogP contribution in [0.3, 0.4) is 0 Å². The SMILES string of the molecule is O=C(O)C1CCCN(C(O)OCc2ccccc2)C1. The van der Waals surface area contributed by atoms with Gasteiger partial charge in [-0.1, -0.05) is 30.3 Å². The van der Waals surface area contributed by atoms with Gasteiger partial charge in [0.1, 0.15) is 0 Å². The number of aliphatic hydroxyl groups excluding tert-OH is 1. The Morgan fingerprint density at radius 1 is 1.42 bits per heavy atom. The van der Waals surface area contributed by atoms with Crippen molar-refractivity contribution in [2.75, 3.05) is 13.1 Å². The molecule has 0 amide bonds. The number of piperidine rings is 1. The number of aliphatic carboxylic acids is 1. The summed E-state index contributed by atoms with van der Waals surface area (Å²) in [7, 11) is 0. The number of ether oxygens (including phenoxy) is 1. The van der Waals surface area contributed by atoms with E-state index in [1.807, 2.05) is 30.3 Å². The van der Waals surface area contributed by atoms with Crippen LogP contribution in [-0.4, -0.2) is 40.6 Å². The lowest BCUT2D eigenvalue weighted by Crippen LogP contribution is -2.45. The zero-order chi connectivity index (χ0) is 13.7. The molecule has 0 spiro atoms. The molecule has 1 aromatic rings. The summed E-state index contributed by atoms with van der Waals surface area (Å²) in [5.74, 6) is -1.22. The molecule has 1 saturated heterocycles. The number of rotatable bonds is 5. The molecular weight excluding hydrogens is 246 g/mol. The Morgan fingerprint density at radius 2 is 2.16 bits per heavy atom. The van der Waals surface area contributed by atoms with Gasteiger partial charge in [0.25, 0.3) is 0 Å². The van der Waals surface area contributed by atoms with Crippen LogP contribution in [0.15, 0.2) is 30.3 Å². The van der Waals surface area contributed by atoms with E-state index in [2.05, 4.69) is 0 Å².